The van der Waals surface area contributed by atoms with Crippen molar-refractivity contribution in [1.82, 2.24) is 9.62 Å². The third kappa shape index (κ3) is 4.16. The van der Waals surface area contributed by atoms with Crippen molar-refractivity contribution in [1.29, 1.82) is 0 Å². The third-order valence-electron chi connectivity index (χ3n) is 6.03. The van der Waals surface area contributed by atoms with Crippen LogP contribution in [0.3, 0.4) is 0 Å². The van der Waals surface area contributed by atoms with Crippen LogP contribution in [-0.4, -0.2) is 26.4 Å². The van der Waals surface area contributed by atoms with Gasteiger partial charge in [-0.15, -0.1) is 0 Å². The van der Waals surface area contributed by atoms with Gasteiger partial charge in [-0.25, -0.2) is 13.1 Å². The van der Waals surface area contributed by atoms with Crippen molar-refractivity contribution >= 4 is 32.1 Å². The SMILES string of the molecule is O=S(=O)(NC[C@H](c1ccsc1)N1CCc2ccccc2C1)c1cccc2ccccc12. The molecule has 0 saturated carbocycles. The summed E-state index contributed by atoms with van der Waals surface area (Å²) in [6.07, 6.45) is 0.979. The zero-order valence-electron chi connectivity index (χ0n) is 17.1. The van der Waals surface area contributed by atoms with Crippen LogP contribution in [0.2, 0.25) is 0 Å². The molecule has 6 heteroatoms. The van der Waals surface area contributed by atoms with E-state index < -0.39 is 10.0 Å². The fraction of sp³-hybridized carbons (Fsp3) is 0.200. The Morgan fingerprint density at radius 1 is 0.935 bits per heavy atom. The molecule has 1 atom stereocenters. The van der Waals surface area contributed by atoms with E-state index in [0.717, 1.165) is 35.8 Å². The lowest BCUT2D eigenvalue weighted by molar-refractivity contribution is 0.181. The van der Waals surface area contributed by atoms with E-state index in [1.54, 1.807) is 23.5 Å². The Balaban J connectivity index is 1.42. The Hall–Kier alpha value is -2.51. The summed E-state index contributed by atoms with van der Waals surface area (Å²) in [5.41, 5.74) is 3.87. The van der Waals surface area contributed by atoms with E-state index in [9.17, 15) is 8.42 Å². The van der Waals surface area contributed by atoms with E-state index in [0.29, 0.717) is 11.4 Å². The minimum Gasteiger partial charge on any atom is -0.290 e. The van der Waals surface area contributed by atoms with Gasteiger partial charge in [0, 0.05) is 31.1 Å². The predicted molar refractivity (Wildman–Crippen MR) is 127 cm³/mol. The van der Waals surface area contributed by atoms with Crippen LogP contribution >= 0.6 is 11.3 Å². The Morgan fingerprint density at radius 3 is 2.55 bits per heavy atom. The molecule has 1 aliphatic heterocycles. The Bertz CT molecular complexity index is 1290. The fourth-order valence-corrected chi connectivity index (χ4v) is 6.38. The van der Waals surface area contributed by atoms with Crippen LogP contribution in [0.4, 0.5) is 0 Å². The molecule has 0 spiro atoms. The van der Waals surface area contributed by atoms with Crippen molar-refractivity contribution < 1.29 is 8.42 Å². The maximum atomic E-state index is 13.3. The van der Waals surface area contributed by atoms with Crippen LogP contribution in [0.5, 0.6) is 0 Å². The van der Waals surface area contributed by atoms with E-state index in [-0.39, 0.29) is 6.04 Å². The highest BCUT2D eigenvalue weighted by molar-refractivity contribution is 7.89. The minimum absolute atomic E-state index is 0.00985. The highest BCUT2D eigenvalue weighted by atomic mass is 32.2. The summed E-state index contributed by atoms with van der Waals surface area (Å²) in [6, 6.07) is 23.6. The van der Waals surface area contributed by atoms with Crippen LogP contribution in [0.15, 0.2) is 88.5 Å². The second-order valence-corrected chi connectivity index (χ2v) is 10.4. The number of nitrogens with one attached hydrogen (secondary N) is 1. The molecule has 4 nitrogen and oxygen atoms in total. The van der Waals surface area contributed by atoms with Gasteiger partial charge < -0.3 is 0 Å². The predicted octanol–water partition coefficient (Wildman–Crippen LogP) is 4.98. The van der Waals surface area contributed by atoms with Crippen molar-refractivity contribution in [3.8, 4) is 0 Å². The summed E-state index contributed by atoms with van der Waals surface area (Å²) in [4.78, 5) is 2.72. The number of sulfonamides is 1. The highest BCUT2D eigenvalue weighted by Gasteiger charge is 2.27. The Labute approximate surface area is 187 Å². The molecule has 0 saturated heterocycles. The summed E-state index contributed by atoms with van der Waals surface area (Å²) in [6.45, 7) is 2.07. The Kier molecular flexibility index (Phi) is 5.63. The van der Waals surface area contributed by atoms with Crippen LogP contribution in [0.25, 0.3) is 10.8 Å². The molecule has 1 aromatic heterocycles. The van der Waals surface area contributed by atoms with Gasteiger partial charge in [0.05, 0.1) is 4.90 Å². The van der Waals surface area contributed by atoms with Crippen molar-refractivity contribution in [3.05, 3.63) is 100 Å². The smallest absolute Gasteiger partial charge is 0.241 e. The molecule has 0 fully saturated rings. The quantitative estimate of drug-likeness (QED) is 0.453. The summed E-state index contributed by atoms with van der Waals surface area (Å²) in [7, 11) is -3.65. The topological polar surface area (TPSA) is 49.4 Å². The molecule has 3 aromatic carbocycles. The second kappa shape index (κ2) is 8.55. The highest BCUT2D eigenvalue weighted by Crippen LogP contribution is 2.30. The number of hydrogen-bond acceptors (Lipinski definition) is 4. The van der Waals surface area contributed by atoms with Crippen LogP contribution < -0.4 is 4.72 Å². The maximum absolute atomic E-state index is 13.3. The lowest BCUT2D eigenvalue weighted by Crippen LogP contribution is -2.40. The molecule has 31 heavy (non-hydrogen) atoms. The van der Waals surface area contributed by atoms with E-state index in [4.69, 9.17) is 0 Å². The molecule has 0 aliphatic carbocycles. The zero-order chi connectivity index (χ0) is 21.3. The second-order valence-electron chi connectivity index (χ2n) is 7.89. The van der Waals surface area contributed by atoms with Gasteiger partial charge in [0.25, 0.3) is 0 Å². The molecule has 1 aliphatic rings. The minimum atomic E-state index is -3.65. The van der Waals surface area contributed by atoms with Gasteiger partial charge in [0.2, 0.25) is 10.0 Å². The maximum Gasteiger partial charge on any atom is 0.241 e. The van der Waals surface area contributed by atoms with Crippen LogP contribution in [0.1, 0.15) is 22.7 Å². The molecule has 5 rings (SSSR count). The number of fused-ring (bicyclic) bond motifs is 2. The first-order chi connectivity index (χ1) is 15.1. The molecular weight excluding hydrogens is 424 g/mol. The van der Waals surface area contributed by atoms with Crippen LogP contribution in [0, 0.1) is 0 Å². The van der Waals surface area contributed by atoms with Crippen molar-refractivity contribution in [3.63, 3.8) is 0 Å². The molecule has 158 valence electrons. The molecule has 0 amide bonds. The average molecular weight is 449 g/mol. The summed E-state index contributed by atoms with van der Waals surface area (Å²) >= 11 is 1.65. The Morgan fingerprint density at radius 2 is 1.71 bits per heavy atom. The fourth-order valence-electron chi connectivity index (χ4n) is 4.40. The molecule has 0 radical (unpaired) electrons. The number of benzene rings is 3. The van der Waals surface area contributed by atoms with Crippen molar-refractivity contribution in [2.24, 2.45) is 0 Å². The molecule has 1 N–H and O–H groups in total. The standard InChI is InChI=1S/C25H24N2O2S2/c28-31(29,25-11-5-9-20-7-3-4-10-23(20)25)26-16-24(22-13-15-30-18-22)27-14-12-19-6-1-2-8-21(19)17-27/h1-11,13,15,18,24,26H,12,14,16-17H2/t24-/m1/s1. The molecular formula is C25H24N2O2S2. The monoisotopic (exact) mass is 448 g/mol. The number of hydrogen-bond donors (Lipinski definition) is 1. The first kappa shape index (κ1) is 20.4. The van der Waals surface area contributed by atoms with E-state index >= 15 is 0 Å². The van der Waals surface area contributed by atoms with Gasteiger partial charge in [-0.2, -0.15) is 11.3 Å². The van der Waals surface area contributed by atoms with Crippen molar-refractivity contribution in [2.75, 3.05) is 13.1 Å². The number of rotatable bonds is 6. The molecule has 0 bridgehead atoms. The van der Waals surface area contributed by atoms with Gasteiger partial charge in [-0.05, 0) is 51.4 Å². The lowest BCUT2D eigenvalue weighted by Gasteiger charge is -2.35. The van der Waals surface area contributed by atoms with Crippen LogP contribution in [-0.2, 0) is 23.0 Å². The van der Waals surface area contributed by atoms with Gasteiger partial charge >= 0.3 is 0 Å². The van der Waals surface area contributed by atoms with Gasteiger partial charge in [0.1, 0.15) is 0 Å². The van der Waals surface area contributed by atoms with Gasteiger partial charge in [-0.3, -0.25) is 4.90 Å². The van der Waals surface area contributed by atoms with E-state index in [1.165, 1.54) is 11.1 Å². The lowest BCUT2D eigenvalue weighted by atomic mass is 9.97. The zero-order valence-corrected chi connectivity index (χ0v) is 18.7. The molecule has 4 aromatic rings. The third-order valence-corrected chi connectivity index (χ3v) is 8.22. The normalized spacial score (nSPS) is 15.6. The average Bonchev–Trinajstić information content (AvgIpc) is 3.33. The van der Waals surface area contributed by atoms with Gasteiger partial charge in [0.15, 0.2) is 0 Å². The number of thiophene rings is 1. The number of nitrogens with zero attached hydrogens (tertiary/aromatic N) is 1. The molecule has 2 heterocycles. The summed E-state index contributed by atoms with van der Waals surface area (Å²) < 4.78 is 29.5. The summed E-state index contributed by atoms with van der Waals surface area (Å²) in [5, 5.41) is 5.85. The molecule has 0 unspecified atom stereocenters. The van der Waals surface area contributed by atoms with Gasteiger partial charge in [-0.1, -0.05) is 60.7 Å². The largest absolute Gasteiger partial charge is 0.290 e. The summed E-state index contributed by atoms with van der Waals surface area (Å²) in [5.74, 6) is 0. The van der Waals surface area contributed by atoms with Crippen molar-refractivity contribution in [2.45, 2.75) is 23.9 Å². The first-order valence-corrected chi connectivity index (χ1v) is 12.8. The van der Waals surface area contributed by atoms with E-state index in [1.807, 2.05) is 30.3 Å². The first-order valence-electron chi connectivity index (χ1n) is 10.4. The van der Waals surface area contributed by atoms with E-state index in [2.05, 4.69) is 50.7 Å².